The highest BCUT2D eigenvalue weighted by atomic mass is 79.9. The van der Waals surface area contributed by atoms with E-state index < -0.39 is 0 Å². The number of hydrogen-bond donors (Lipinski definition) is 0. The van der Waals surface area contributed by atoms with Crippen molar-refractivity contribution in [3.63, 3.8) is 0 Å². The molecule has 3 heteroatoms. The Morgan fingerprint density at radius 3 is 2.94 bits per heavy atom. The molecule has 1 atom stereocenters. The molecule has 0 amide bonds. The van der Waals surface area contributed by atoms with Crippen LogP contribution in [0.4, 0.5) is 11.4 Å². The van der Waals surface area contributed by atoms with E-state index in [9.17, 15) is 0 Å². The number of aromatic nitrogens is 1. The summed E-state index contributed by atoms with van der Waals surface area (Å²) < 4.78 is 1.02. The van der Waals surface area contributed by atoms with Gasteiger partial charge in [0.2, 0.25) is 0 Å². The second kappa shape index (κ2) is 4.73. The monoisotopic (exact) mass is 302 g/mol. The smallest absolute Gasteiger partial charge is 0.0611 e. The van der Waals surface area contributed by atoms with Gasteiger partial charge in [-0.2, -0.15) is 0 Å². The van der Waals surface area contributed by atoms with E-state index in [1.54, 1.807) is 0 Å². The molecule has 1 aliphatic heterocycles. The van der Waals surface area contributed by atoms with Gasteiger partial charge in [0.05, 0.1) is 11.9 Å². The lowest BCUT2D eigenvalue weighted by atomic mass is 9.96. The van der Waals surface area contributed by atoms with E-state index >= 15 is 0 Å². The maximum Gasteiger partial charge on any atom is 0.0611 e. The minimum Gasteiger partial charge on any atom is -0.337 e. The Morgan fingerprint density at radius 1 is 1.28 bits per heavy atom. The number of anilines is 2. The number of para-hydroxylation sites is 1. The first kappa shape index (κ1) is 11.7. The number of aryl methyl sites for hydroxylation is 1. The third-order valence-corrected chi connectivity index (χ3v) is 3.93. The van der Waals surface area contributed by atoms with Crippen molar-refractivity contribution in [2.24, 2.45) is 0 Å². The lowest BCUT2D eigenvalue weighted by molar-refractivity contribution is 0.617. The van der Waals surface area contributed by atoms with Crippen LogP contribution >= 0.6 is 15.9 Å². The Morgan fingerprint density at radius 2 is 2.11 bits per heavy atom. The van der Waals surface area contributed by atoms with Crippen molar-refractivity contribution in [1.82, 2.24) is 4.98 Å². The minimum atomic E-state index is 0.510. The molecule has 1 aromatic heterocycles. The minimum absolute atomic E-state index is 0.510. The van der Waals surface area contributed by atoms with Crippen molar-refractivity contribution in [2.45, 2.75) is 25.8 Å². The molecule has 0 bridgehead atoms. The normalized spacial score (nSPS) is 18.6. The molecule has 1 aliphatic rings. The molecule has 18 heavy (non-hydrogen) atoms. The van der Waals surface area contributed by atoms with E-state index in [2.05, 4.69) is 63.1 Å². The summed E-state index contributed by atoms with van der Waals surface area (Å²) >= 11 is 3.50. The molecule has 92 valence electrons. The van der Waals surface area contributed by atoms with Crippen LogP contribution in [0.1, 0.15) is 18.9 Å². The van der Waals surface area contributed by atoms with Gasteiger partial charge in [0.25, 0.3) is 0 Å². The van der Waals surface area contributed by atoms with Crippen molar-refractivity contribution in [3.8, 4) is 0 Å². The Balaban J connectivity index is 2.10. The second-order valence-corrected chi connectivity index (χ2v) is 5.66. The molecule has 2 aromatic rings. The molecular formula is C15H15BrN2. The lowest BCUT2D eigenvalue weighted by Crippen LogP contribution is -2.33. The fourth-order valence-electron chi connectivity index (χ4n) is 2.61. The van der Waals surface area contributed by atoms with Gasteiger partial charge in [-0.05, 0) is 53.4 Å². The lowest BCUT2D eigenvalue weighted by Gasteiger charge is -2.37. The molecule has 1 unspecified atom stereocenters. The number of hydrogen-bond acceptors (Lipinski definition) is 2. The van der Waals surface area contributed by atoms with Crippen molar-refractivity contribution in [3.05, 3.63) is 52.8 Å². The zero-order valence-electron chi connectivity index (χ0n) is 10.3. The first-order valence-electron chi connectivity index (χ1n) is 6.23. The summed E-state index contributed by atoms with van der Waals surface area (Å²) in [7, 11) is 0. The quantitative estimate of drug-likeness (QED) is 0.780. The van der Waals surface area contributed by atoms with E-state index in [0.717, 1.165) is 16.6 Å². The predicted molar refractivity (Wildman–Crippen MR) is 78.3 cm³/mol. The van der Waals surface area contributed by atoms with Crippen LogP contribution in [0.25, 0.3) is 0 Å². The molecule has 3 rings (SSSR count). The van der Waals surface area contributed by atoms with Crippen LogP contribution in [0.2, 0.25) is 0 Å². The molecule has 0 N–H and O–H groups in total. The van der Waals surface area contributed by atoms with Gasteiger partial charge in [0.15, 0.2) is 0 Å². The fourth-order valence-corrected chi connectivity index (χ4v) is 2.97. The highest BCUT2D eigenvalue weighted by Gasteiger charge is 2.24. The number of benzene rings is 1. The molecule has 0 saturated carbocycles. The third-order valence-electron chi connectivity index (χ3n) is 3.49. The average Bonchev–Trinajstić information content (AvgIpc) is 2.38. The van der Waals surface area contributed by atoms with Crippen molar-refractivity contribution >= 4 is 27.3 Å². The summed E-state index contributed by atoms with van der Waals surface area (Å²) in [5, 5.41) is 0. The van der Waals surface area contributed by atoms with E-state index in [1.807, 2.05) is 12.4 Å². The van der Waals surface area contributed by atoms with Gasteiger partial charge in [-0.15, -0.1) is 0 Å². The first-order valence-corrected chi connectivity index (χ1v) is 7.02. The van der Waals surface area contributed by atoms with Crippen LogP contribution in [0.3, 0.4) is 0 Å². The summed E-state index contributed by atoms with van der Waals surface area (Å²) in [5.74, 6) is 0. The maximum atomic E-state index is 4.28. The van der Waals surface area contributed by atoms with E-state index in [1.165, 1.54) is 17.7 Å². The summed E-state index contributed by atoms with van der Waals surface area (Å²) in [5.41, 5.74) is 3.90. The van der Waals surface area contributed by atoms with Crippen molar-refractivity contribution < 1.29 is 0 Å². The zero-order valence-corrected chi connectivity index (χ0v) is 11.9. The van der Waals surface area contributed by atoms with Gasteiger partial charge in [0, 0.05) is 22.4 Å². The van der Waals surface area contributed by atoms with Crippen LogP contribution < -0.4 is 4.90 Å². The highest BCUT2D eigenvalue weighted by Crippen LogP contribution is 2.36. The van der Waals surface area contributed by atoms with Crippen molar-refractivity contribution in [1.29, 1.82) is 0 Å². The van der Waals surface area contributed by atoms with Gasteiger partial charge in [-0.25, -0.2) is 0 Å². The Kier molecular flexibility index (Phi) is 3.08. The predicted octanol–water partition coefficient (Wildman–Crippen LogP) is 4.32. The highest BCUT2D eigenvalue weighted by molar-refractivity contribution is 9.10. The number of fused-ring (bicyclic) bond motifs is 1. The summed E-state index contributed by atoms with van der Waals surface area (Å²) in [4.78, 5) is 6.66. The number of halogens is 1. The third kappa shape index (κ3) is 2.03. The van der Waals surface area contributed by atoms with Crippen LogP contribution in [-0.4, -0.2) is 11.0 Å². The first-order chi connectivity index (χ1) is 8.75. The van der Waals surface area contributed by atoms with Gasteiger partial charge in [-0.3, -0.25) is 4.98 Å². The van der Waals surface area contributed by atoms with Gasteiger partial charge >= 0.3 is 0 Å². The number of rotatable bonds is 1. The number of pyridine rings is 1. The molecule has 0 spiro atoms. The Bertz CT molecular complexity index is 568. The molecule has 1 aromatic carbocycles. The summed E-state index contributed by atoms with van der Waals surface area (Å²) in [6, 6.07) is 11.3. The van der Waals surface area contributed by atoms with Gasteiger partial charge in [0.1, 0.15) is 0 Å². The topological polar surface area (TPSA) is 16.1 Å². The average molecular weight is 303 g/mol. The molecule has 0 aliphatic carbocycles. The molecule has 2 nitrogen and oxygen atoms in total. The molecule has 0 radical (unpaired) electrons. The fraction of sp³-hybridized carbons (Fsp3) is 0.267. The van der Waals surface area contributed by atoms with Crippen LogP contribution in [0, 0.1) is 0 Å². The number of nitrogens with zero attached hydrogens (tertiary/aromatic N) is 2. The van der Waals surface area contributed by atoms with E-state index in [4.69, 9.17) is 0 Å². The van der Waals surface area contributed by atoms with Gasteiger partial charge in [-0.1, -0.05) is 18.2 Å². The van der Waals surface area contributed by atoms with Crippen LogP contribution in [0.5, 0.6) is 0 Å². The van der Waals surface area contributed by atoms with E-state index in [0.29, 0.717) is 6.04 Å². The molecule has 0 fully saturated rings. The van der Waals surface area contributed by atoms with Crippen molar-refractivity contribution in [2.75, 3.05) is 4.90 Å². The van der Waals surface area contributed by atoms with Gasteiger partial charge < -0.3 is 4.90 Å². The summed E-state index contributed by atoms with van der Waals surface area (Å²) in [6.07, 6.45) is 6.10. The largest absolute Gasteiger partial charge is 0.337 e. The Hall–Kier alpha value is -1.35. The molecule has 2 heterocycles. The van der Waals surface area contributed by atoms with E-state index in [-0.39, 0.29) is 0 Å². The molecule has 0 saturated heterocycles. The SMILES string of the molecule is CC1CCc2ccccc2N1c1cncc(Br)c1. The Labute approximate surface area is 116 Å². The standard InChI is InChI=1S/C15H15BrN2/c1-11-6-7-12-4-2-3-5-15(12)18(11)14-8-13(16)9-17-10-14/h2-5,8-11H,6-7H2,1H3. The summed E-state index contributed by atoms with van der Waals surface area (Å²) in [6.45, 7) is 2.27. The maximum absolute atomic E-state index is 4.28. The van der Waals surface area contributed by atoms with Crippen LogP contribution in [-0.2, 0) is 6.42 Å². The zero-order chi connectivity index (χ0) is 12.5. The second-order valence-electron chi connectivity index (χ2n) is 4.75. The molecular weight excluding hydrogens is 288 g/mol. The van der Waals surface area contributed by atoms with Crippen LogP contribution in [0.15, 0.2) is 47.2 Å².